The number of rotatable bonds is 4. The van der Waals surface area contributed by atoms with Crippen LogP contribution in [0.3, 0.4) is 0 Å². The third kappa shape index (κ3) is 2.79. The lowest BCUT2D eigenvalue weighted by Gasteiger charge is -2.20. The number of fused-ring (bicyclic) bond motifs is 1. The molecule has 2 aromatic rings. The highest BCUT2D eigenvalue weighted by Crippen LogP contribution is 2.39. The van der Waals surface area contributed by atoms with E-state index in [1.165, 1.54) is 35.3 Å². The Morgan fingerprint density at radius 1 is 1.30 bits per heavy atom. The van der Waals surface area contributed by atoms with E-state index in [9.17, 15) is 0 Å². The lowest BCUT2D eigenvalue weighted by Crippen LogP contribution is -2.09. The highest BCUT2D eigenvalue weighted by molar-refractivity contribution is 7.99. The van der Waals surface area contributed by atoms with Gasteiger partial charge in [-0.2, -0.15) is 11.8 Å². The van der Waals surface area contributed by atoms with Gasteiger partial charge in [0.1, 0.15) is 16.5 Å². The summed E-state index contributed by atoms with van der Waals surface area (Å²) in [6.45, 7) is 5.22. The summed E-state index contributed by atoms with van der Waals surface area (Å²) in [5.74, 6) is 3.30. The second kappa shape index (κ2) is 6.31. The molecule has 0 aromatic carbocycles. The Morgan fingerprint density at radius 3 is 2.90 bits per heavy atom. The van der Waals surface area contributed by atoms with Crippen LogP contribution >= 0.6 is 23.1 Å². The quantitative estimate of drug-likeness (QED) is 0.892. The maximum Gasteiger partial charge on any atom is 0.145 e. The van der Waals surface area contributed by atoms with Gasteiger partial charge in [0.15, 0.2) is 0 Å². The Balaban J connectivity index is 2.03. The minimum atomic E-state index is 0.484. The molecule has 5 heteroatoms. The number of thiophene rings is 1. The summed E-state index contributed by atoms with van der Waals surface area (Å²) >= 11 is 3.83. The molecule has 20 heavy (non-hydrogen) atoms. The van der Waals surface area contributed by atoms with Gasteiger partial charge >= 0.3 is 0 Å². The van der Waals surface area contributed by atoms with Gasteiger partial charge in [0, 0.05) is 11.4 Å². The monoisotopic (exact) mass is 307 g/mol. The molecule has 1 aliphatic heterocycles. The normalized spacial score (nSPS) is 19.4. The molecule has 1 atom stereocenters. The van der Waals surface area contributed by atoms with Crippen molar-refractivity contribution in [1.29, 1.82) is 0 Å². The predicted molar refractivity (Wildman–Crippen MR) is 90.0 cm³/mol. The van der Waals surface area contributed by atoms with E-state index >= 15 is 0 Å². The third-order valence-corrected chi connectivity index (χ3v) is 6.17. The van der Waals surface area contributed by atoms with Gasteiger partial charge in [0.2, 0.25) is 0 Å². The van der Waals surface area contributed by atoms with Gasteiger partial charge in [0.05, 0.1) is 10.6 Å². The van der Waals surface area contributed by atoms with E-state index in [2.05, 4.69) is 25.2 Å². The van der Waals surface area contributed by atoms with Crippen molar-refractivity contribution in [2.24, 2.45) is 0 Å². The van der Waals surface area contributed by atoms with Gasteiger partial charge < -0.3 is 5.32 Å². The standard InChI is InChI=1S/C15H21N3S2/c1-3-10-9-11-13(16-4-2)17-14(18-15(11)20-10)12-7-5-6-8-19-12/h9,12H,3-8H2,1-2H3,(H,16,17,18). The highest BCUT2D eigenvalue weighted by atomic mass is 32.2. The molecule has 1 fully saturated rings. The van der Waals surface area contributed by atoms with Crippen LogP contribution in [0.5, 0.6) is 0 Å². The number of nitrogens with one attached hydrogen (secondary N) is 1. The summed E-state index contributed by atoms with van der Waals surface area (Å²) in [7, 11) is 0. The second-order valence-corrected chi connectivity index (χ2v) is 7.53. The third-order valence-electron chi connectivity index (χ3n) is 3.62. The fourth-order valence-electron chi connectivity index (χ4n) is 2.55. The van der Waals surface area contributed by atoms with E-state index in [-0.39, 0.29) is 0 Å². The van der Waals surface area contributed by atoms with Gasteiger partial charge in [0.25, 0.3) is 0 Å². The molecule has 3 rings (SSSR count). The Kier molecular flexibility index (Phi) is 4.46. The highest BCUT2D eigenvalue weighted by Gasteiger charge is 2.21. The van der Waals surface area contributed by atoms with E-state index in [4.69, 9.17) is 9.97 Å². The Bertz CT molecular complexity index is 588. The van der Waals surface area contributed by atoms with Gasteiger partial charge in [-0.25, -0.2) is 9.97 Å². The van der Waals surface area contributed by atoms with Crippen molar-refractivity contribution in [3.8, 4) is 0 Å². The minimum absolute atomic E-state index is 0.484. The Morgan fingerprint density at radius 2 is 2.20 bits per heavy atom. The summed E-state index contributed by atoms with van der Waals surface area (Å²) in [4.78, 5) is 12.2. The van der Waals surface area contributed by atoms with Crippen molar-refractivity contribution in [3.63, 3.8) is 0 Å². The average molecular weight is 307 g/mol. The molecule has 2 aromatic heterocycles. The molecule has 0 radical (unpaired) electrons. The Hall–Kier alpha value is -0.810. The van der Waals surface area contributed by atoms with Crippen molar-refractivity contribution >= 4 is 39.1 Å². The van der Waals surface area contributed by atoms with Crippen LogP contribution in [0.2, 0.25) is 0 Å². The molecule has 0 spiro atoms. The summed E-state index contributed by atoms with van der Waals surface area (Å²) in [5.41, 5.74) is 0. The molecular weight excluding hydrogens is 286 g/mol. The molecule has 0 aliphatic carbocycles. The number of anilines is 1. The first kappa shape index (κ1) is 14.1. The van der Waals surface area contributed by atoms with Gasteiger partial charge in [-0.3, -0.25) is 0 Å². The van der Waals surface area contributed by atoms with Crippen molar-refractivity contribution in [2.75, 3.05) is 17.6 Å². The van der Waals surface area contributed by atoms with E-state index in [0.717, 1.165) is 29.4 Å². The maximum absolute atomic E-state index is 4.86. The molecule has 0 saturated carbocycles. The lowest BCUT2D eigenvalue weighted by atomic mass is 10.2. The largest absolute Gasteiger partial charge is 0.370 e. The van der Waals surface area contributed by atoms with Crippen molar-refractivity contribution in [3.05, 3.63) is 16.8 Å². The topological polar surface area (TPSA) is 37.8 Å². The average Bonchev–Trinajstić information content (AvgIpc) is 2.92. The number of aromatic nitrogens is 2. The summed E-state index contributed by atoms with van der Waals surface area (Å²) in [6, 6.07) is 2.25. The summed E-state index contributed by atoms with van der Waals surface area (Å²) in [5, 5.41) is 5.09. The SMILES string of the molecule is CCNc1nc(C2CCCCS2)nc2sc(CC)cc12. The summed E-state index contributed by atoms with van der Waals surface area (Å²) < 4.78 is 0. The van der Waals surface area contributed by atoms with Crippen LogP contribution < -0.4 is 5.32 Å². The van der Waals surface area contributed by atoms with Crippen LogP contribution in [0.4, 0.5) is 5.82 Å². The molecule has 108 valence electrons. The maximum atomic E-state index is 4.86. The van der Waals surface area contributed by atoms with Crippen molar-refractivity contribution in [2.45, 2.75) is 44.8 Å². The van der Waals surface area contributed by atoms with Crippen molar-refractivity contribution < 1.29 is 0 Å². The number of thioether (sulfide) groups is 1. The van der Waals surface area contributed by atoms with Crippen LogP contribution in [0, 0.1) is 0 Å². The molecule has 3 nitrogen and oxygen atoms in total. The van der Waals surface area contributed by atoms with Gasteiger partial charge in [-0.1, -0.05) is 13.3 Å². The van der Waals surface area contributed by atoms with Crippen LogP contribution in [0.1, 0.15) is 49.1 Å². The number of nitrogens with zero attached hydrogens (tertiary/aromatic N) is 2. The molecule has 1 N–H and O–H groups in total. The smallest absolute Gasteiger partial charge is 0.145 e. The lowest BCUT2D eigenvalue weighted by molar-refractivity contribution is 0.665. The molecule has 1 saturated heterocycles. The van der Waals surface area contributed by atoms with E-state index in [1.807, 2.05) is 23.1 Å². The van der Waals surface area contributed by atoms with Crippen LogP contribution in [0.25, 0.3) is 10.2 Å². The van der Waals surface area contributed by atoms with Crippen LogP contribution in [-0.2, 0) is 6.42 Å². The predicted octanol–water partition coefficient (Wildman–Crippen LogP) is 4.64. The Labute approximate surface area is 128 Å². The van der Waals surface area contributed by atoms with Gasteiger partial charge in [-0.05, 0) is 38.0 Å². The molecule has 0 bridgehead atoms. The number of hydrogen-bond donors (Lipinski definition) is 1. The van der Waals surface area contributed by atoms with Crippen LogP contribution in [-0.4, -0.2) is 22.3 Å². The summed E-state index contributed by atoms with van der Waals surface area (Å²) in [6.07, 6.45) is 4.93. The number of aryl methyl sites for hydroxylation is 1. The first-order valence-electron chi connectivity index (χ1n) is 7.47. The zero-order valence-electron chi connectivity index (χ0n) is 12.1. The second-order valence-electron chi connectivity index (χ2n) is 5.10. The number of hydrogen-bond acceptors (Lipinski definition) is 5. The first-order valence-corrected chi connectivity index (χ1v) is 9.34. The van der Waals surface area contributed by atoms with E-state index < -0.39 is 0 Å². The van der Waals surface area contributed by atoms with E-state index in [0.29, 0.717) is 5.25 Å². The van der Waals surface area contributed by atoms with Crippen molar-refractivity contribution in [1.82, 2.24) is 9.97 Å². The molecule has 1 aliphatic rings. The first-order chi connectivity index (χ1) is 9.81. The zero-order valence-corrected chi connectivity index (χ0v) is 13.7. The molecular formula is C15H21N3S2. The molecule has 1 unspecified atom stereocenters. The minimum Gasteiger partial charge on any atom is -0.370 e. The van der Waals surface area contributed by atoms with Crippen LogP contribution in [0.15, 0.2) is 6.07 Å². The van der Waals surface area contributed by atoms with E-state index in [1.54, 1.807) is 0 Å². The molecule has 0 amide bonds. The fourth-order valence-corrected chi connectivity index (χ4v) is 4.77. The van der Waals surface area contributed by atoms with Gasteiger partial charge in [-0.15, -0.1) is 11.3 Å². The zero-order chi connectivity index (χ0) is 13.9. The fraction of sp³-hybridized carbons (Fsp3) is 0.600. The molecule has 3 heterocycles.